The van der Waals surface area contributed by atoms with Gasteiger partial charge in [0.2, 0.25) is 11.7 Å². The highest BCUT2D eigenvalue weighted by molar-refractivity contribution is 6.00. The second-order valence-corrected chi connectivity index (χ2v) is 14.9. The van der Waals surface area contributed by atoms with Crippen molar-refractivity contribution in [2.45, 2.75) is 70.1 Å². The summed E-state index contributed by atoms with van der Waals surface area (Å²) in [6, 6.07) is 41.4. The fourth-order valence-corrected chi connectivity index (χ4v) is 7.53. The molecular formula is C48H48N4O7. The topological polar surface area (TPSA) is 154 Å². The molecule has 0 unspecified atom stereocenters. The molecule has 3 N–H and O–H groups in total. The van der Waals surface area contributed by atoms with Crippen LogP contribution < -0.4 is 11.1 Å². The maximum Gasteiger partial charge on any atom is 0.408 e. The summed E-state index contributed by atoms with van der Waals surface area (Å²) < 4.78 is 17.8. The largest absolute Gasteiger partial charge is 0.445 e. The van der Waals surface area contributed by atoms with E-state index in [-0.39, 0.29) is 57.1 Å². The van der Waals surface area contributed by atoms with E-state index in [0.29, 0.717) is 24.1 Å². The van der Waals surface area contributed by atoms with E-state index in [9.17, 15) is 19.2 Å². The first-order chi connectivity index (χ1) is 28.8. The molecule has 6 aromatic rings. The number of para-hydroxylation sites is 2. The first-order valence-corrected chi connectivity index (χ1v) is 20.0. The maximum absolute atomic E-state index is 14.8. The molecule has 2 amide bonds. The van der Waals surface area contributed by atoms with Crippen LogP contribution in [0.2, 0.25) is 0 Å². The van der Waals surface area contributed by atoms with Crippen molar-refractivity contribution in [3.63, 3.8) is 0 Å². The summed E-state index contributed by atoms with van der Waals surface area (Å²) in [5.74, 6) is -2.09. The van der Waals surface area contributed by atoms with E-state index >= 15 is 0 Å². The number of likely N-dealkylation sites (tertiary alicyclic amines) is 1. The molecule has 1 aromatic heterocycles. The Balaban J connectivity index is 1.15. The molecule has 5 aromatic carbocycles. The number of carbonyl (C=O) groups excluding carboxylic acids is 4. The van der Waals surface area contributed by atoms with Crippen molar-refractivity contribution < 1.29 is 33.1 Å². The second kappa shape index (κ2) is 19.8. The van der Waals surface area contributed by atoms with Gasteiger partial charge in [-0.25, -0.2) is 9.78 Å². The van der Waals surface area contributed by atoms with E-state index in [1.165, 1.54) is 4.90 Å². The zero-order chi connectivity index (χ0) is 41.0. The zero-order valence-corrected chi connectivity index (χ0v) is 32.8. The normalized spacial score (nSPS) is 16.1. The van der Waals surface area contributed by atoms with Gasteiger partial charge in [-0.05, 0) is 59.2 Å². The Bertz CT molecular complexity index is 2300. The number of hydrogen-bond donors (Lipinski definition) is 2. The molecule has 1 aliphatic heterocycles. The van der Waals surface area contributed by atoms with Crippen LogP contribution in [-0.2, 0) is 51.7 Å². The summed E-state index contributed by atoms with van der Waals surface area (Å²) in [7, 11) is 0. The number of nitrogens with two attached hydrogens (primary N) is 1. The number of aryl methyl sites for hydroxylation is 1. The van der Waals surface area contributed by atoms with Gasteiger partial charge in [0, 0.05) is 31.8 Å². The van der Waals surface area contributed by atoms with Crippen LogP contribution in [0.3, 0.4) is 0 Å². The number of nitrogens with zero attached hydrogens (tertiary/aromatic N) is 2. The van der Waals surface area contributed by atoms with Gasteiger partial charge in [-0.1, -0.05) is 127 Å². The number of fused-ring (bicyclic) bond motifs is 1. The van der Waals surface area contributed by atoms with Gasteiger partial charge in [-0.3, -0.25) is 14.4 Å². The van der Waals surface area contributed by atoms with Crippen molar-refractivity contribution in [2.75, 3.05) is 6.54 Å². The second-order valence-electron chi connectivity index (χ2n) is 14.9. The van der Waals surface area contributed by atoms with Crippen molar-refractivity contribution >= 4 is 34.7 Å². The van der Waals surface area contributed by atoms with Crippen LogP contribution in [0.4, 0.5) is 4.79 Å². The number of alkyl carbamates (subject to hydrolysis) is 1. The Kier molecular flexibility index (Phi) is 13.7. The Morgan fingerprint density at radius 2 is 1.39 bits per heavy atom. The van der Waals surface area contributed by atoms with Gasteiger partial charge in [0.15, 0.2) is 11.4 Å². The lowest BCUT2D eigenvalue weighted by Crippen LogP contribution is -2.52. The van der Waals surface area contributed by atoms with Crippen molar-refractivity contribution in [3.8, 4) is 0 Å². The molecule has 1 aliphatic rings. The first-order valence-electron chi connectivity index (χ1n) is 20.0. The fraction of sp³-hybridized carbons (Fsp3) is 0.271. The number of rotatable bonds is 18. The van der Waals surface area contributed by atoms with Gasteiger partial charge in [0.05, 0.1) is 18.8 Å². The summed E-state index contributed by atoms with van der Waals surface area (Å²) in [6.07, 6.45) is -0.241. The minimum atomic E-state index is -1.02. The van der Waals surface area contributed by atoms with E-state index in [4.69, 9.17) is 19.6 Å². The van der Waals surface area contributed by atoms with Crippen LogP contribution in [0.1, 0.15) is 57.8 Å². The molecule has 7 rings (SSSR count). The van der Waals surface area contributed by atoms with Crippen molar-refractivity contribution in [3.05, 3.63) is 173 Å². The predicted molar refractivity (Wildman–Crippen MR) is 223 cm³/mol. The number of ether oxygens (including phenoxy) is 2. The van der Waals surface area contributed by atoms with Crippen LogP contribution in [0, 0.1) is 5.92 Å². The lowest BCUT2D eigenvalue weighted by molar-refractivity contribution is -0.139. The predicted octanol–water partition coefficient (Wildman–Crippen LogP) is 7.40. The number of carbonyl (C=O) groups is 4. The number of ketones is 2. The summed E-state index contributed by atoms with van der Waals surface area (Å²) >= 11 is 0. The van der Waals surface area contributed by atoms with Gasteiger partial charge >= 0.3 is 6.09 Å². The zero-order valence-electron chi connectivity index (χ0n) is 32.8. The number of Topliss-reactive ketones (excluding diaryl/α,β-unsaturated/α-hetero) is 2. The summed E-state index contributed by atoms with van der Waals surface area (Å²) in [5.41, 5.74) is 11.4. The SMILES string of the molecule is NCc1cccc(C[C@H](CC(=O)[C@@H]2C[C@@H](OCc3ccccc3)CN2C(=O)[C@@H](CCc2ccccc2)NC(=O)OCc2ccccc2)C(=O)c2nc3ccccc3o2)c1. The maximum atomic E-state index is 14.8. The highest BCUT2D eigenvalue weighted by Gasteiger charge is 2.43. The molecule has 11 nitrogen and oxygen atoms in total. The molecule has 11 heteroatoms. The van der Waals surface area contributed by atoms with Crippen LogP contribution >= 0.6 is 0 Å². The Hall–Kier alpha value is -6.43. The smallest absolute Gasteiger partial charge is 0.408 e. The lowest BCUT2D eigenvalue weighted by Gasteiger charge is -2.29. The number of oxazole rings is 1. The van der Waals surface area contributed by atoms with Crippen LogP contribution in [-0.4, -0.2) is 58.2 Å². The van der Waals surface area contributed by atoms with E-state index in [0.717, 1.165) is 27.8 Å². The van der Waals surface area contributed by atoms with Gasteiger partial charge in [0.25, 0.3) is 5.89 Å². The standard InChI is InChI=1S/C48H48N4O7/c49-29-37-20-12-19-36(25-37)26-38(45(54)46-50-40-21-10-11-22-44(40)59-46)27-43(53)42-28-39(57-31-34-15-6-2-7-16-34)30-52(42)47(55)41(24-23-33-13-4-1-5-14-33)51-48(56)58-32-35-17-8-3-9-18-35/h1-22,25,38-39,41-42H,23-24,26-32,49H2,(H,51,56)/t38-,39-,41-,42+/m1/s1. The molecule has 0 radical (unpaired) electrons. The summed E-state index contributed by atoms with van der Waals surface area (Å²) in [6.45, 7) is 0.745. The molecule has 1 fully saturated rings. The van der Waals surface area contributed by atoms with E-state index < -0.39 is 41.9 Å². The van der Waals surface area contributed by atoms with E-state index in [1.54, 1.807) is 18.2 Å². The third-order valence-corrected chi connectivity index (χ3v) is 10.6. The monoisotopic (exact) mass is 792 g/mol. The number of benzene rings is 5. The Morgan fingerprint density at radius 3 is 2.08 bits per heavy atom. The molecule has 0 bridgehead atoms. The summed E-state index contributed by atoms with van der Waals surface area (Å²) in [5, 5.41) is 2.81. The van der Waals surface area contributed by atoms with Gasteiger partial charge in [-0.15, -0.1) is 0 Å². The van der Waals surface area contributed by atoms with Gasteiger partial charge in [0.1, 0.15) is 18.2 Å². The van der Waals surface area contributed by atoms with Crippen LogP contribution in [0.15, 0.2) is 144 Å². The Labute approximate surface area is 343 Å². The van der Waals surface area contributed by atoms with Crippen LogP contribution in [0.5, 0.6) is 0 Å². The molecule has 4 atom stereocenters. The minimum Gasteiger partial charge on any atom is -0.445 e. The van der Waals surface area contributed by atoms with Crippen molar-refractivity contribution in [2.24, 2.45) is 11.7 Å². The molecule has 0 saturated carbocycles. The minimum absolute atomic E-state index is 0.0240. The number of nitrogens with one attached hydrogen (secondary N) is 1. The third-order valence-electron chi connectivity index (χ3n) is 10.6. The number of aromatic nitrogens is 1. The first kappa shape index (κ1) is 40.8. The Morgan fingerprint density at radius 1 is 0.763 bits per heavy atom. The molecular weight excluding hydrogens is 745 g/mol. The lowest BCUT2D eigenvalue weighted by atomic mass is 9.87. The molecule has 0 aliphatic carbocycles. The van der Waals surface area contributed by atoms with E-state index in [2.05, 4.69) is 10.3 Å². The average molecular weight is 793 g/mol. The average Bonchev–Trinajstić information content (AvgIpc) is 3.92. The molecule has 0 spiro atoms. The van der Waals surface area contributed by atoms with Gasteiger partial charge < -0.3 is 29.8 Å². The molecule has 59 heavy (non-hydrogen) atoms. The van der Waals surface area contributed by atoms with Crippen molar-refractivity contribution in [1.82, 2.24) is 15.2 Å². The molecule has 302 valence electrons. The quantitative estimate of drug-likeness (QED) is 0.0848. The highest BCUT2D eigenvalue weighted by atomic mass is 16.5. The number of amides is 2. The van der Waals surface area contributed by atoms with E-state index in [1.807, 2.05) is 121 Å². The van der Waals surface area contributed by atoms with Gasteiger partial charge in [-0.2, -0.15) is 0 Å². The fourth-order valence-electron chi connectivity index (χ4n) is 7.53. The third kappa shape index (κ3) is 11.0. The molecule has 1 saturated heterocycles. The van der Waals surface area contributed by atoms with Crippen LogP contribution in [0.25, 0.3) is 11.1 Å². The van der Waals surface area contributed by atoms with Crippen molar-refractivity contribution in [1.29, 1.82) is 0 Å². The number of hydrogen-bond acceptors (Lipinski definition) is 9. The highest BCUT2D eigenvalue weighted by Crippen LogP contribution is 2.29. The molecule has 2 heterocycles. The summed E-state index contributed by atoms with van der Waals surface area (Å²) in [4.78, 5) is 63.0.